The summed E-state index contributed by atoms with van der Waals surface area (Å²) in [6.45, 7) is 59.1. The molecule has 6 heterocycles. The maximum atomic E-state index is 2.47. The molecule has 10 aromatic rings. The van der Waals surface area contributed by atoms with Gasteiger partial charge in [-0.1, -0.05) is 256 Å². The first kappa shape index (κ1) is 81.9. The summed E-state index contributed by atoms with van der Waals surface area (Å²) in [6, 6.07) is 44.5. The lowest BCUT2D eigenvalue weighted by Crippen LogP contribution is -2.12. The highest BCUT2D eigenvalue weighted by Crippen LogP contribution is 2.34. The molecule has 0 saturated carbocycles. The van der Waals surface area contributed by atoms with Crippen LogP contribution in [0.1, 0.15) is 242 Å². The minimum absolute atomic E-state index is 0. The molecule has 0 spiro atoms. The molecule has 0 bridgehead atoms. The Morgan fingerprint density at radius 1 is 0.314 bits per heavy atom. The van der Waals surface area contributed by atoms with Crippen LogP contribution in [-0.2, 0) is 68.2 Å². The van der Waals surface area contributed by atoms with E-state index in [0.717, 1.165) is 0 Å². The van der Waals surface area contributed by atoms with Crippen molar-refractivity contribution in [1.29, 1.82) is 0 Å². The van der Waals surface area contributed by atoms with Gasteiger partial charge in [-0.15, -0.1) is 0 Å². The van der Waals surface area contributed by atoms with E-state index in [0.29, 0.717) is 0 Å². The van der Waals surface area contributed by atoms with E-state index in [1.165, 1.54) is 107 Å². The van der Waals surface area contributed by atoms with Crippen LogP contribution in [-0.4, -0.2) is 22.8 Å². The molecule has 1 aliphatic heterocycles. The smallest absolute Gasteiger partial charge is 0.0515 e. The second kappa shape index (κ2) is 36.8. The number of hydrogen-bond donors (Lipinski definition) is 0. The second-order valence-electron chi connectivity index (χ2n) is 25.7. The van der Waals surface area contributed by atoms with Crippen LogP contribution >= 0.6 is 0 Å². The first-order valence-electron chi connectivity index (χ1n) is 32.4. The van der Waals surface area contributed by atoms with Gasteiger partial charge in [0.2, 0.25) is 0 Å². The van der Waals surface area contributed by atoms with Gasteiger partial charge in [0.15, 0.2) is 0 Å². The molecule has 5 heteroatoms. The monoisotopic (exact) mass is 1170 g/mol. The van der Waals surface area contributed by atoms with Gasteiger partial charge in [0, 0.05) is 98.1 Å². The third kappa shape index (κ3) is 21.9. The lowest BCUT2D eigenvalue weighted by Gasteiger charge is -2.20. The van der Waals surface area contributed by atoms with Crippen molar-refractivity contribution in [3.8, 4) is 0 Å². The predicted octanol–water partition coefficient (Wildman–Crippen LogP) is 25.2. The fourth-order valence-corrected chi connectivity index (χ4v) is 10.1. The molecule has 11 rings (SSSR count). The van der Waals surface area contributed by atoms with Gasteiger partial charge in [0.1, 0.15) is 0 Å². The zero-order valence-electron chi connectivity index (χ0n) is 59.7. The SMILES string of the molecule is C.C.CC.CC.CC.CC.CC.CC.CC(C)(C)c1ccc2c(c1)cc1n2CCC1.Cn1ccc2c(C(C)(C)C)cccc21.Cn1ccc2cc(C(C)(C)C)ccc21.Cn1ccc2ccc(C(C)(C)C)cc21.Cn1ccc2cccc(C(C)(C)C)c21. The van der Waals surface area contributed by atoms with Crippen LogP contribution in [0.3, 0.4) is 0 Å². The minimum Gasteiger partial charge on any atom is -0.351 e. The lowest BCUT2D eigenvalue weighted by atomic mass is 9.85. The van der Waals surface area contributed by atoms with E-state index < -0.39 is 0 Å². The van der Waals surface area contributed by atoms with Crippen LogP contribution < -0.4 is 0 Å². The fourth-order valence-electron chi connectivity index (χ4n) is 10.1. The summed E-state index contributed by atoms with van der Waals surface area (Å²) in [5.74, 6) is 0. The van der Waals surface area contributed by atoms with Gasteiger partial charge in [0.05, 0.1) is 5.52 Å². The average molecular weight is 1170 g/mol. The standard InChI is InChI=1S/C15H19N.4C13H17N.6C2H6.2CH4/c1-15(2,3)12-6-7-14-11(9-12)10-13-5-4-8-16(13)14;1-13(2,3)11-5-6-12-10(9-11)7-8-14(12)4;1-13(2,3)11-6-5-10-7-8-14(4)12(10)9-11;1-13(2,3)11-6-5-7-12-10(11)8-9-14(12)4;1-13(2,3)11-7-5-6-10-8-9-14(4)12(10)11;6*1-2;;/h6-7,9-10H,4-5,8H2,1-3H3;4*5-9H,1-4H3;6*1-2H3;2*1H4. The minimum atomic E-state index is 0. The van der Waals surface area contributed by atoms with Gasteiger partial charge in [0.25, 0.3) is 0 Å². The van der Waals surface area contributed by atoms with Crippen LogP contribution in [0.2, 0.25) is 0 Å². The molecule has 0 saturated heterocycles. The maximum Gasteiger partial charge on any atom is 0.0515 e. The largest absolute Gasteiger partial charge is 0.351 e. The molecule has 5 aromatic carbocycles. The molecular formula is C81H131N5. The summed E-state index contributed by atoms with van der Waals surface area (Å²) in [4.78, 5) is 0. The van der Waals surface area contributed by atoms with E-state index in [1.54, 1.807) is 0 Å². The molecule has 0 fully saturated rings. The predicted molar refractivity (Wildman–Crippen MR) is 397 cm³/mol. The van der Waals surface area contributed by atoms with Gasteiger partial charge < -0.3 is 22.8 Å². The first-order valence-corrected chi connectivity index (χ1v) is 32.4. The second-order valence-corrected chi connectivity index (χ2v) is 25.7. The Labute approximate surface area is 530 Å². The van der Waals surface area contributed by atoms with E-state index in [2.05, 4.69) is 301 Å². The van der Waals surface area contributed by atoms with Crippen LogP contribution in [0.15, 0.2) is 146 Å². The molecule has 86 heavy (non-hydrogen) atoms. The molecule has 5 nitrogen and oxygen atoms in total. The summed E-state index contributed by atoms with van der Waals surface area (Å²) < 4.78 is 11.2. The number of fused-ring (bicyclic) bond motifs is 7. The number of rotatable bonds is 0. The van der Waals surface area contributed by atoms with E-state index in [-0.39, 0.29) is 41.9 Å². The topological polar surface area (TPSA) is 24.6 Å². The Morgan fingerprint density at radius 3 is 1.24 bits per heavy atom. The van der Waals surface area contributed by atoms with Crippen LogP contribution in [0, 0.1) is 0 Å². The summed E-state index contributed by atoms with van der Waals surface area (Å²) in [5, 5.41) is 6.78. The lowest BCUT2D eigenvalue weighted by molar-refractivity contribution is 0.590. The summed E-state index contributed by atoms with van der Waals surface area (Å²) in [5.41, 5.74) is 16.5. The number of aryl methyl sites for hydroxylation is 6. The van der Waals surface area contributed by atoms with Gasteiger partial charge in [-0.25, -0.2) is 0 Å². The fraction of sp³-hybridized carbons (Fsp3) is 0.506. The van der Waals surface area contributed by atoms with Crippen molar-refractivity contribution in [3.63, 3.8) is 0 Å². The molecule has 0 amide bonds. The number of aromatic nitrogens is 5. The molecule has 480 valence electrons. The zero-order valence-corrected chi connectivity index (χ0v) is 59.7. The van der Waals surface area contributed by atoms with E-state index >= 15 is 0 Å². The normalized spacial score (nSPS) is 11.3. The van der Waals surface area contributed by atoms with Gasteiger partial charge in [-0.3, -0.25) is 0 Å². The van der Waals surface area contributed by atoms with Crippen molar-refractivity contribution in [1.82, 2.24) is 22.8 Å². The van der Waals surface area contributed by atoms with Gasteiger partial charge in [-0.2, -0.15) is 0 Å². The number of benzene rings is 5. The van der Waals surface area contributed by atoms with Crippen LogP contribution in [0.4, 0.5) is 0 Å². The van der Waals surface area contributed by atoms with Crippen molar-refractivity contribution >= 4 is 54.5 Å². The Kier molecular flexibility index (Phi) is 35.1. The zero-order chi connectivity index (χ0) is 64.7. The molecule has 0 unspecified atom stereocenters. The van der Waals surface area contributed by atoms with E-state index in [9.17, 15) is 0 Å². The third-order valence-corrected chi connectivity index (χ3v) is 14.6. The molecule has 0 N–H and O–H groups in total. The molecular weight excluding hydrogens is 1040 g/mol. The number of nitrogens with zero attached hydrogens (tertiary/aromatic N) is 5. The molecule has 1 aliphatic rings. The van der Waals surface area contributed by atoms with Crippen LogP contribution in [0.25, 0.3) is 54.5 Å². The summed E-state index contributed by atoms with van der Waals surface area (Å²) in [6.07, 6.45) is 11.0. The van der Waals surface area contributed by atoms with Gasteiger partial charge >= 0.3 is 0 Å². The highest BCUT2D eigenvalue weighted by molar-refractivity contribution is 5.86. The average Bonchev–Trinajstić information content (AvgIpc) is 2.40. The van der Waals surface area contributed by atoms with Crippen molar-refractivity contribution in [2.45, 2.75) is 248 Å². The molecule has 5 aromatic heterocycles. The first-order chi connectivity index (χ1) is 39.5. The van der Waals surface area contributed by atoms with E-state index in [1.807, 2.05) is 83.1 Å². The van der Waals surface area contributed by atoms with E-state index in [4.69, 9.17) is 0 Å². The highest BCUT2D eigenvalue weighted by Gasteiger charge is 2.21. The Balaban J connectivity index is 0. The summed E-state index contributed by atoms with van der Waals surface area (Å²) in [7, 11) is 8.38. The molecule has 0 atom stereocenters. The van der Waals surface area contributed by atoms with Crippen molar-refractivity contribution in [3.05, 3.63) is 180 Å². The highest BCUT2D eigenvalue weighted by atomic mass is 15.0. The van der Waals surface area contributed by atoms with Crippen molar-refractivity contribution in [2.24, 2.45) is 28.2 Å². The summed E-state index contributed by atoms with van der Waals surface area (Å²) >= 11 is 0. The van der Waals surface area contributed by atoms with Crippen molar-refractivity contribution < 1.29 is 0 Å². The van der Waals surface area contributed by atoms with Crippen LogP contribution in [0.5, 0.6) is 0 Å². The Bertz CT molecular complexity index is 3440. The number of para-hydroxylation sites is 1. The molecule has 0 aliphatic carbocycles. The Morgan fingerprint density at radius 2 is 0.721 bits per heavy atom. The number of hydrogen-bond acceptors (Lipinski definition) is 0. The molecule has 0 radical (unpaired) electrons. The Hall–Kier alpha value is -6.20. The van der Waals surface area contributed by atoms with Gasteiger partial charge in [-0.05, 0) is 151 Å². The third-order valence-electron chi connectivity index (χ3n) is 14.6. The van der Waals surface area contributed by atoms with Crippen molar-refractivity contribution in [2.75, 3.05) is 0 Å². The maximum absolute atomic E-state index is 2.47. The quantitative estimate of drug-likeness (QED) is 0.145.